The monoisotopic (exact) mass is 348 g/mol. The molecule has 1 aliphatic heterocycles. The molecule has 0 saturated heterocycles. The fourth-order valence-electron chi connectivity index (χ4n) is 2.95. The summed E-state index contributed by atoms with van der Waals surface area (Å²) in [4.78, 5) is 4.55. The number of hydrogen-bond acceptors (Lipinski definition) is 7. The summed E-state index contributed by atoms with van der Waals surface area (Å²) in [6, 6.07) is 16.0. The third-order valence-corrected chi connectivity index (χ3v) is 4.20. The van der Waals surface area contributed by atoms with E-state index in [0.29, 0.717) is 18.4 Å². The fourth-order valence-corrected chi connectivity index (χ4v) is 2.95. The minimum absolute atomic E-state index is 0.158. The number of rotatable bonds is 4. The first-order valence-corrected chi connectivity index (χ1v) is 8.56. The second-order valence-corrected chi connectivity index (χ2v) is 5.85. The van der Waals surface area contributed by atoms with Crippen molar-refractivity contribution in [2.75, 3.05) is 29.6 Å². The van der Waals surface area contributed by atoms with Crippen molar-refractivity contribution in [1.29, 1.82) is 0 Å². The summed E-state index contributed by atoms with van der Waals surface area (Å²) in [6.07, 6.45) is -0.158. The largest absolute Gasteiger partial charge is 0.494 e. The van der Waals surface area contributed by atoms with E-state index in [1.165, 1.54) is 0 Å². The molecule has 26 heavy (non-hydrogen) atoms. The van der Waals surface area contributed by atoms with E-state index in [0.717, 1.165) is 28.3 Å². The van der Waals surface area contributed by atoms with Gasteiger partial charge in [0.05, 0.1) is 6.61 Å². The van der Waals surface area contributed by atoms with Crippen molar-refractivity contribution in [3.8, 4) is 17.0 Å². The Balaban J connectivity index is 1.76. The first-order chi connectivity index (χ1) is 12.8. The van der Waals surface area contributed by atoms with E-state index in [1.54, 1.807) is 7.05 Å². The Labute approximate surface area is 151 Å². The lowest BCUT2D eigenvalue weighted by Gasteiger charge is -2.20. The Morgan fingerprint density at radius 2 is 1.85 bits per heavy atom. The smallest absolute Gasteiger partial charge is 0.244 e. The normalized spacial score (nSPS) is 14.9. The zero-order chi connectivity index (χ0) is 17.9. The maximum absolute atomic E-state index is 5.54. The molecule has 0 saturated carbocycles. The van der Waals surface area contributed by atoms with Gasteiger partial charge < -0.3 is 20.7 Å². The average molecular weight is 348 g/mol. The first-order valence-electron chi connectivity index (χ1n) is 8.56. The van der Waals surface area contributed by atoms with E-state index in [1.807, 2.05) is 55.5 Å². The molecule has 2 heterocycles. The molecule has 2 aromatic carbocycles. The molecular weight excluding hydrogens is 328 g/mol. The Morgan fingerprint density at radius 1 is 1.04 bits per heavy atom. The molecule has 3 aromatic rings. The topological polar surface area (TPSA) is 84.0 Å². The number of anilines is 3. The highest BCUT2D eigenvalue weighted by atomic mass is 16.5. The van der Waals surface area contributed by atoms with Crippen LogP contribution in [0.2, 0.25) is 0 Å². The van der Waals surface area contributed by atoms with Gasteiger partial charge in [-0.15, -0.1) is 10.2 Å². The number of fused-ring (bicyclic) bond motifs is 3. The van der Waals surface area contributed by atoms with Crippen LogP contribution >= 0.6 is 0 Å². The van der Waals surface area contributed by atoms with Gasteiger partial charge in [-0.3, -0.25) is 0 Å². The van der Waals surface area contributed by atoms with Crippen LogP contribution in [0.1, 0.15) is 18.7 Å². The molecule has 0 fully saturated rings. The molecule has 4 rings (SSSR count). The van der Waals surface area contributed by atoms with Crippen molar-refractivity contribution in [2.24, 2.45) is 0 Å². The fraction of sp³-hybridized carbons (Fsp3) is 0.211. The van der Waals surface area contributed by atoms with Crippen molar-refractivity contribution in [3.63, 3.8) is 0 Å². The zero-order valence-electron chi connectivity index (χ0n) is 14.7. The lowest BCUT2D eigenvalue weighted by Crippen LogP contribution is -2.19. The van der Waals surface area contributed by atoms with Crippen LogP contribution in [0, 0.1) is 0 Å². The van der Waals surface area contributed by atoms with Crippen molar-refractivity contribution < 1.29 is 4.74 Å². The van der Waals surface area contributed by atoms with Gasteiger partial charge in [-0.25, -0.2) is 0 Å². The third-order valence-electron chi connectivity index (χ3n) is 4.20. The van der Waals surface area contributed by atoms with Gasteiger partial charge in [0.15, 0.2) is 5.82 Å². The SMILES string of the molecule is CCOc1ccc(C2Nc3ccccc3-c3nnc(NC)nc3N2)cc1. The summed E-state index contributed by atoms with van der Waals surface area (Å²) in [5.74, 6) is 2.01. The van der Waals surface area contributed by atoms with Gasteiger partial charge in [0.2, 0.25) is 5.95 Å². The quantitative estimate of drug-likeness (QED) is 0.665. The van der Waals surface area contributed by atoms with Crippen LogP contribution in [-0.2, 0) is 0 Å². The number of aromatic nitrogens is 3. The van der Waals surface area contributed by atoms with E-state index in [9.17, 15) is 0 Å². The minimum Gasteiger partial charge on any atom is -0.494 e. The van der Waals surface area contributed by atoms with Gasteiger partial charge in [0.1, 0.15) is 17.6 Å². The summed E-state index contributed by atoms with van der Waals surface area (Å²) in [7, 11) is 1.77. The molecule has 7 heteroatoms. The lowest BCUT2D eigenvalue weighted by atomic mass is 10.1. The van der Waals surface area contributed by atoms with E-state index in [4.69, 9.17) is 4.74 Å². The molecule has 0 spiro atoms. The predicted octanol–water partition coefficient (Wildman–Crippen LogP) is 3.52. The van der Waals surface area contributed by atoms with Crippen LogP contribution in [0.4, 0.5) is 17.5 Å². The average Bonchev–Trinajstić information content (AvgIpc) is 2.85. The Kier molecular flexibility index (Phi) is 4.27. The molecule has 7 nitrogen and oxygen atoms in total. The van der Waals surface area contributed by atoms with E-state index in [-0.39, 0.29) is 6.17 Å². The maximum Gasteiger partial charge on any atom is 0.244 e. The molecular formula is C19H20N6O. The first kappa shape index (κ1) is 16.1. The number of hydrogen-bond donors (Lipinski definition) is 3. The van der Waals surface area contributed by atoms with Crippen LogP contribution in [0.15, 0.2) is 48.5 Å². The third kappa shape index (κ3) is 2.99. The lowest BCUT2D eigenvalue weighted by molar-refractivity contribution is 0.340. The molecule has 3 N–H and O–H groups in total. The van der Waals surface area contributed by atoms with E-state index < -0.39 is 0 Å². The second kappa shape index (κ2) is 6.87. The number of benzene rings is 2. The van der Waals surface area contributed by atoms with Gasteiger partial charge >= 0.3 is 0 Å². The molecule has 0 aliphatic carbocycles. The molecule has 1 atom stereocenters. The van der Waals surface area contributed by atoms with Crippen LogP contribution in [-0.4, -0.2) is 28.8 Å². The summed E-state index contributed by atoms with van der Waals surface area (Å²) in [6.45, 7) is 2.62. The molecule has 1 unspecified atom stereocenters. The number of para-hydroxylation sites is 1. The van der Waals surface area contributed by atoms with Crippen molar-refractivity contribution in [1.82, 2.24) is 15.2 Å². The van der Waals surface area contributed by atoms with E-state index >= 15 is 0 Å². The molecule has 0 bridgehead atoms. The zero-order valence-corrected chi connectivity index (χ0v) is 14.7. The highest BCUT2D eigenvalue weighted by Gasteiger charge is 2.23. The van der Waals surface area contributed by atoms with Gasteiger partial charge in [-0.1, -0.05) is 30.3 Å². The van der Waals surface area contributed by atoms with Crippen LogP contribution in [0.5, 0.6) is 5.75 Å². The van der Waals surface area contributed by atoms with Crippen LogP contribution in [0.3, 0.4) is 0 Å². The van der Waals surface area contributed by atoms with Gasteiger partial charge in [0, 0.05) is 18.3 Å². The standard InChI is InChI=1S/C19H20N6O/c1-3-26-13-10-8-12(9-11-13)17-21-15-7-5-4-6-14(15)16-18(22-17)23-19(20-2)25-24-16/h4-11,17,21H,3H2,1-2H3,(H2,20,22,23,25). The number of nitrogens with zero attached hydrogens (tertiary/aromatic N) is 3. The number of nitrogens with one attached hydrogen (secondary N) is 3. The molecule has 1 aromatic heterocycles. The molecule has 132 valence electrons. The Morgan fingerprint density at radius 3 is 2.62 bits per heavy atom. The van der Waals surface area contributed by atoms with Crippen molar-refractivity contribution >= 4 is 17.5 Å². The van der Waals surface area contributed by atoms with Gasteiger partial charge in [0.25, 0.3) is 0 Å². The van der Waals surface area contributed by atoms with Crippen LogP contribution in [0.25, 0.3) is 11.3 Å². The minimum atomic E-state index is -0.158. The predicted molar refractivity (Wildman–Crippen MR) is 102 cm³/mol. The van der Waals surface area contributed by atoms with Crippen LogP contribution < -0.4 is 20.7 Å². The Hall–Kier alpha value is -3.35. The maximum atomic E-state index is 5.54. The van der Waals surface area contributed by atoms with Gasteiger partial charge in [-0.2, -0.15) is 4.98 Å². The highest BCUT2D eigenvalue weighted by Crippen LogP contribution is 2.37. The summed E-state index contributed by atoms with van der Waals surface area (Å²) in [5, 5.41) is 18.4. The van der Waals surface area contributed by atoms with E-state index in [2.05, 4.69) is 31.1 Å². The van der Waals surface area contributed by atoms with Crippen molar-refractivity contribution in [2.45, 2.75) is 13.1 Å². The summed E-state index contributed by atoms with van der Waals surface area (Å²) < 4.78 is 5.54. The summed E-state index contributed by atoms with van der Waals surface area (Å²) in [5.41, 5.74) is 3.73. The molecule has 1 aliphatic rings. The Bertz CT molecular complexity index is 912. The number of ether oxygens (including phenoxy) is 1. The summed E-state index contributed by atoms with van der Waals surface area (Å²) >= 11 is 0. The second-order valence-electron chi connectivity index (χ2n) is 5.85. The highest BCUT2D eigenvalue weighted by molar-refractivity contribution is 5.84. The molecule has 0 amide bonds. The molecule has 0 radical (unpaired) electrons. The van der Waals surface area contributed by atoms with Crippen molar-refractivity contribution in [3.05, 3.63) is 54.1 Å². The van der Waals surface area contributed by atoms with Gasteiger partial charge in [-0.05, 0) is 30.7 Å².